The van der Waals surface area contributed by atoms with E-state index in [0.717, 1.165) is 6.26 Å². The fourth-order valence-electron chi connectivity index (χ4n) is 1.65. The van der Waals surface area contributed by atoms with E-state index in [9.17, 15) is 16.8 Å². The minimum Gasteiger partial charge on any atom is -0.379 e. The average Bonchev–Trinajstić information content (AvgIpc) is 2.37. The van der Waals surface area contributed by atoms with Crippen molar-refractivity contribution in [2.24, 2.45) is 0 Å². The van der Waals surface area contributed by atoms with Crippen LogP contribution in [-0.2, 0) is 20.0 Å². The molecule has 0 atom stereocenters. The molecule has 0 unspecified atom stereocenters. The summed E-state index contributed by atoms with van der Waals surface area (Å²) in [5.41, 5.74) is 0. The Balaban J connectivity index is 2.51. The molecule has 0 bridgehead atoms. The number of benzene rings is 2. The molecule has 0 aliphatic rings. The predicted octanol–water partition coefficient (Wildman–Crippen LogP) is 2.51. The summed E-state index contributed by atoms with van der Waals surface area (Å²) in [5, 5.41) is 0.305. The van der Waals surface area contributed by atoms with Gasteiger partial charge in [0.05, 0.1) is 4.90 Å². The number of sulfone groups is 1. The standard InChI is InChI=1S/C13H11ClO5S2/c1-20(15,16)12-7-2-3-8-13(12)21(17,18)19-11-6-4-5-10(14)9-11/h2-9H,1H3. The summed E-state index contributed by atoms with van der Waals surface area (Å²) in [5.74, 6) is 0.00537. The summed E-state index contributed by atoms with van der Waals surface area (Å²) in [7, 11) is -7.98. The molecule has 0 saturated heterocycles. The second-order valence-electron chi connectivity index (χ2n) is 4.21. The normalized spacial score (nSPS) is 12.1. The van der Waals surface area contributed by atoms with Crippen molar-refractivity contribution in [1.29, 1.82) is 0 Å². The molecule has 0 radical (unpaired) electrons. The van der Waals surface area contributed by atoms with Crippen LogP contribution in [0.15, 0.2) is 58.3 Å². The Morgan fingerprint density at radius 2 is 1.52 bits per heavy atom. The Labute approximate surface area is 128 Å². The van der Waals surface area contributed by atoms with E-state index in [1.807, 2.05) is 0 Å². The van der Waals surface area contributed by atoms with E-state index < -0.39 is 24.9 Å². The van der Waals surface area contributed by atoms with Crippen LogP contribution in [0.1, 0.15) is 0 Å². The predicted molar refractivity (Wildman–Crippen MR) is 78.8 cm³/mol. The van der Waals surface area contributed by atoms with Crippen LogP contribution in [0.5, 0.6) is 5.75 Å². The zero-order valence-electron chi connectivity index (χ0n) is 10.9. The highest BCUT2D eigenvalue weighted by molar-refractivity contribution is 7.92. The topological polar surface area (TPSA) is 77.5 Å². The Kier molecular flexibility index (Phi) is 4.27. The van der Waals surface area contributed by atoms with Gasteiger partial charge in [-0.3, -0.25) is 0 Å². The van der Waals surface area contributed by atoms with E-state index in [1.165, 1.54) is 42.5 Å². The fraction of sp³-hybridized carbons (Fsp3) is 0.0769. The Hall–Kier alpha value is -1.57. The van der Waals surface area contributed by atoms with Gasteiger partial charge in [0.2, 0.25) is 0 Å². The molecule has 0 saturated carbocycles. The van der Waals surface area contributed by atoms with Gasteiger partial charge in [-0.05, 0) is 24.3 Å². The third-order valence-corrected chi connectivity index (χ3v) is 5.35. The highest BCUT2D eigenvalue weighted by atomic mass is 35.5. The maximum atomic E-state index is 12.3. The van der Waals surface area contributed by atoms with Gasteiger partial charge < -0.3 is 4.18 Å². The van der Waals surface area contributed by atoms with E-state index in [4.69, 9.17) is 15.8 Å². The lowest BCUT2D eigenvalue weighted by atomic mass is 10.3. The van der Waals surface area contributed by atoms with Crippen LogP contribution in [0, 0.1) is 0 Å². The molecule has 2 aromatic rings. The first kappa shape index (κ1) is 15.8. The number of rotatable bonds is 4. The summed E-state index contributed by atoms with van der Waals surface area (Å²) in [4.78, 5) is -0.723. The minimum absolute atomic E-state index is 0.00537. The number of hydrogen-bond acceptors (Lipinski definition) is 5. The summed E-state index contributed by atoms with van der Waals surface area (Å²) in [6.45, 7) is 0. The highest BCUT2D eigenvalue weighted by Crippen LogP contribution is 2.25. The lowest BCUT2D eigenvalue weighted by Crippen LogP contribution is -2.14. The molecule has 0 aliphatic heterocycles. The van der Waals surface area contributed by atoms with Gasteiger partial charge >= 0.3 is 10.1 Å². The van der Waals surface area contributed by atoms with Crippen LogP contribution in [-0.4, -0.2) is 23.1 Å². The van der Waals surface area contributed by atoms with Crippen molar-refractivity contribution >= 4 is 31.6 Å². The fourth-order valence-corrected chi connectivity index (χ4v) is 4.36. The number of hydrogen-bond donors (Lipinski definition) is 0. The zero-order valence-corrected chi connectivity index (χ0v) is 13.2. The summed E-state index contributed by atoms with van der Waals surface area (Å²) < 4.78 is 52.8. The molecule has 0 fully saturated rings. The van der Waals surface area contributed by atoms with Gasteiger partial charge in [-0.2, -0.15) is 8.42 Å². The van der Waals surface area contributed by atoms with Crippen LogP contribution in [0.4, 0.5) is 0 Å². The van der Waals surface area contributed by atoms with Crippen molar-refractivity contribution in [2.75, 3.05) is 6.26 Å². The Morgan fingerprint density at radius 3 is 2.10 bits per heavy atom. The van der Waals surface area contributed by atoms with Gasteiger partial charge in [0.1, 0.15) is 10.6 Å². The molecule has 0 spiro atoms. The van der Waals surface area contributed by atoms with Crippen molar-refractivity contribution in [1.82, 2.24) is 0 Å². The van der Waals surface area contributed by atoms with Crippen molar-refractivity contribution < 1.29 is 21.0 Å². The van der Waals surface area contributed by atoms with E-state index in [0.29, 0.717) is 5.02 Å². The van der Waals surface area contributed by atoms with E-state index in [1.54, 1.807) is 6.07 Å². The van der Waals surface area contributed by atoms with Gasteiger partial charge in [0, 0.05) is 17.3 Å². The highest BCUT2D eigenvalue weighted by Gasteiger charge is 2.25. The van der Waals surface area contributed by atoms with Crippen LogP contribution in [0.2, 0.25) is 5.02 Å². The maximum absolute atomic E-state index is 12.3. The third-order valence-electron chi connectivity index (χ3n) is 2.52. The first-order valence-electron chi connectivity index (χ1n) is 5.69. The molecular formula is C13H11ClO5S2. The SMILES string of the molecule is CS(=O)(=O)c1ccccc1S(=O)(=O)Oc1cccc(Cl)c1. The van der Waals surface area contributed by atoms with E-state index in [2.05, 4.69) is 0 Å². The second-order valence-corrected chi connectivity index (χ2v) is 8.15. The van der Waals surface area contributed by atoms with E-state index >= 15 is 0 Å². The monoisotopic (exact) mass is 346 g/mol. The second kappa shape index (κ2) is 5.67. The lowest BCUT2D eigenvalue weighted by Gasteiger charge is -2.10. The van der Waals surface area contributed by atoms with Crippen molar-refractivity contribution in [2.45, 2.75) is 9.79 Å². The molecule has 5 nitrogen and oxygen atoms in total. The molecule has 2 aromatic carbocycles. The van der Waals surface area contributed by atoms with Gasteiger partial charge in [-0.25, -0.2) is 8.42 Å². The zero-order chi connectivity index (χ0) is 15.7. The van der Waals surface area contributed by atoms with Gasteiger partial charge in [-0.15, -0.1) is 0 Å². The number of halogens is 1. The first-order chi connectivity index (χ1) is 9.70. The molecular weight excluding hydrogens is 336 g/mol. The van der Waals surface area contributed by atoms with E-state index in [-0.39, 0.29) is 10.6 Å². The molecule has 0 N–H and O–H groups in total. The molecule has 21 heavy (non-hydrogen) atoms. The van der Waals surface area contributed by atoms with Gasteiger partial charge in [0.25, 0.3) is 0 Å². The molecule has 0 aromatic heterocycles. The Bertz CT molecular complexity index is 873. The third kappa shape index (κ3) is 3.75. The van der Waals surface area contributed by atoms with Crippen LogP contribution in [0.25, 0.3) is 0 Å². The van der Waals surface area contributed by atoms with Crippen LogP contribution < -0.4 is 4.18 Å². The smallest absolute Gasteiger partial charge is 0.340 e. The molecule has 0 aliphatic carbocycles. The minimum atomic E-state index is -4.28. The van der Waals surface area contributed by atoms with Crippen LogP contribution >= 0.6 is 11.6 Å². The van der Waals surface area contributed by atoms with Gasteiger partial charge in [0.15, 0.2) is 9.84 Å². The van der Waals surface area contributed by atoms with Crippen molar-refractivity contribution in [3.63, 3.8) is 0 Å². The first-order valence-corrected chi connectivity index (χ1v) is 9.37. The van der Waals surface area contributed by atoms with Gasteiger partial charge in [-0.1, -0.05) is 29.8 Å². The van der Waals surface area contributed by atoms with Crippen LogP contribution in [0.3, 0.4) is 0 Å². The summed E-state index contributed by atoms with van der Waals surface area (Å²) in [6, 6.07) is 11.1. The molecule has 2 rings (SSSR count). The average molecular weight is 347 g/mol. The summed E-state index contributed by atoms with van der Waals surface area (Å²) in [6.07, 6.45) is 0.931. The van der Waals surface area contributed by atoms with Crippen molar-refractivity contribution in [3.05, 3.63) is 53.6 Å². The molecule has 112 valence electrons. The maximum Gasteiger partial charge on any atom is 0.340 e. The quantitative estimate of drug-likeness (QED) is 0.795. The molecule has 0 heterocycles. The molecule has 8 heteroatoms. The van der Waals surface area contributed by atoms with Crippen molar-refractivity contribution in [3.8, 4) is 5.75 Å². The largest absolute Gasteiger partial charge is 0.379 e. The lowest BCUT2D eigenvalue weighted by molar-refractivity contribution is 0.483. The molecule has 0 amide bonds. The Morgan fingerprint density at radius 1 is 0.905 bits per heavy atom. The summed E-state index contributed by atoms with van der Waals surface area (Å²) >= 11 is 5.75.